The van der Waals surface area contributed by atoms with Gasteiger partial charge in [0.2, 0.25) is 11.9 Å². The van der Waals surface area contributed by atoms with Gasteiger partial charge in [-0.2, -0.15) is 0 Å². The van der Waals surface area contributed by atoms with Crippen molar-refractivity contribution in [1.29, 1.82) is 0 Å². The number of carbonyl (C=O) groups excluding carboxylic acids is 2. The van der Waals surface area contributed by atoms with Crippen molar-refractivity contribution in [3.05, 3.63) is 53.6 Å². The molecule has 2 aromatic carbocycles. The van der Waals surface area contributed by atoms with Gasteiger partial charge in [-0.1, -0.05) is 30.3 Å². The highest BCUT2D eigenvalue weighted by Gasteiger charge is 2.31. The third-order valence-corrected chi connectivity index (χ3v) is 4.39. The number of carbonyl (C=O) groups is 2. The fourth-order valence-corrected chi connectivity index (χ4v) is 2.78. The Morgan fingerprint density at radius 3 is 2.07 bits per heavy atom. The maximum atomic E-state index is 12.8. The van der Waals surface area contributed by atoms with Crippen molar-refractivity contribution < 1.29 is 28.5 Å². The van der Waals surface area contributed by atoms with Crippen LogP contribution in [0.3, 0.4) is 0 Å². The third-order valence-electron chi connectivity index (χ3n) is 4.39. The fraction of sp³-hybridized carbons (Fsp3) is 0.333. The molecule has 1 aliphatic rings. The fourth-order valence-electron chi connectivity index (χ4n) is 2.78. The number of hydrogen-bond acceptors (Lipinski definition) is 6. The first-order valence-corrected chi connectivity index (χ1v) is 8.93. The van der Waals surface area contributed by atoms with Crippen molar-refractivity contribution in [3.8, 4) is 17.2 Å². The summed E-state index contributed by atoms with van der Waals surface area (Å²) in [6, 6.07) is 12.0. The Balaban J connectivity index is 1.88. The van der Waals surface area contributed by atoms with E-state index in [1.54, 1.807) is 24.3 Å². The quantitative estimate of drug-likeness (QED) is 0.704. The zero-order valence-electron chi connectivity index (χ0n) is 16.1. The molecule has 1 saturated carbocycles. The van der Waals surface area contributed by atoms with Gasteiger partial charge in [0, 0.05) is 11.6 Å². The number of ether oxygens (including phenoxy) is 4. The van der Waals surface area contributed by atoms with Gasteiger partial charge in [-0.15, -0.1) is 0 Å². The van der Waals surface area contributed by atoms with E-state index >= 15 is 0 Å². The first-order valence-electron chi connectivity index (χ1n) is 8.93. The molecule has 28 heavy (non-hydrogen) atoms. The van der Waals surface area contributed by atoms with Crippen LogP contribution in [0.5, 0.6) is 17.2 Å². The van der Waals surface area contributed by atoms with Crippen LogP contribution in [-0.2, 0) is 9.53 Å². The molecule has 2 aromatic rings. The van der Waals surface area contributed by atoms with E-state index in [-0.39, 0.29) is 17.5 Å². The molecule has 1 atom stereocenters. The molecule has 3 rings (SSSR count). The van der Waals surface area contributed by atoms with Gasteiger partial charge in [0.1, 0.15) is 0 Å². The van der Waals surface area contributed by atoms with Gasteiger partial charge in [-0.3, -0.25) is 4.79 Å². The first kappa shape index (κ1) is 19.5. The predicted octanol–water partition coefficient (Wildman–Crippen LogP) is 2.89. The van der Waals surface area contributed by atoms with Gasteiger partial charge in [0.05, 0.1) is 26.9 Å². The van der Waals surface area contributed by atoms with Crippen molar-refractivity contribution in [2.24, 2.45) is 0 Å². The summed E-state index contributed by atoms with van der Waals surface area (Å²) in [5, 5.41) is 2.89. The summed E-state index contributed by atoms with van der Waals surface area (Å²) in [7, 11) is 4.40. The van der Waals surface area contributed by atoms with Crippen LogP contribution < -0.4 is 19.5 Å². The molecule has 0 radical (unpaired) electrons. The Labute approximate surface area is 163 Å². The molecule has 0 aromatic heterocycles. The lowest BCUT2D eigenvalue weighted by molar-refractivity contribution is -0.130. The largest absolute Gasteiger partial charge is 0.493 e. The zero-order chi connectivity index (χ0) is 20.1. The van der Waals surface area contributed by atoms with E-state index in [2.05, 4.69) is 5.32 Å². The van der Waals surface area contributed by atoms with E-state index in [0.29, 0.717) is 22.8 Å². The van der Waals surface area contributed by atoms with Crippen LogP contribution in [-0.4, -0.2) is 39.2 Å². The summed E-state index contributed by atoms with van der Waals surface area (Å²) >= 11 is 0. The number of benzene rings is 2. The molecule has 0 heterocycles. The Morgan fingerprint density at radius 1 is 0.964 bits per heavy atom. The summed E-state index contributed by atoms with van der Waals surface area (Å²) in [6.07, 6.45) is 0.829. The molecule has 0 aliphatic heterocycles. The molecular weight excluding hydrogens is 362 g/mol. The van der Waals surface area contributed by atoms with Crippen LogP contribution >= 0.6 is 0 Å². The van der Waals surface area contributed by atoms with E-state index < -0.39 is 12.1 Å². The van der Waals surface area contributed by atoms with Crippen molar-refractivity contribution in [3.63, 3.8) is 0 Å². The second-order valence-corrected chi connectivity index (χ2v) is 6.39. The Kier molecular flexibility index (Phi) is 6.03. The van der Waals surface area contributed by atoms with Crippen LogP contribution in [0.4, 0.5) is 0 Å². The average molecular weight is 385 g/mol. The lowest BCUT2D eigenvalue weighted by atomic mass is 10.1. The van der Waals surface area contributed by atoms with Crippen LogP contribution in [0, 0.1) is 0 Å². The highest BCUT2D eigenvalue weighted by Crippen LogP contribution is 2.38. The maximum absolute atomic E-state index is 12.8. The van der Waals surface area contributed by atoms with E-state index in [9.17, 15) is 9.59 Å². The second-order valence-electron chi connectivity index (χ2n) is 6.39. The molecule has 1 amide bonds. The van der Waals surface area contributed by atoms with E-state index in [0.717, 1.165) is 12.8 Å². The van der Waals surface area contributed by atoms with Crippen molar-refractivity contribution in [2.45, 2.75) is 25.0 Å². The minimum atomic E-state index is -1.05. The summed E-state index contributed by atoms with van der Waals surface area (Å²) < 4.78 is 21.4. The minimum absolute atomic E-state index is 0.151. The molecule has 1 fully saturated rings. The number of nitrogens with one attached hydrogen (secondary N) is 1. The van der Waals surface area contributed by atoms with Gasteiger partial charge in [-0.05, 0) is 25.0 Å². The topological polar surface area (TPSA) is 83.1 Å². The lowest BCUT2D eigenvalue weighted by Crippen LogP contribution is -2.33. The number of amides is 1. The molecule has 0 saturated heterocycles. The zero-order valence-corrected chi connectivity index (χ0v) is 16.1. The van der Waals surface area contributed by atoms with Crippen LogP contribution in [0.15, 0.2) is 42.5 Å². The molecule has 1 aliphatic carbocycles. The number of rotatable bonds is 8. The molecular formula is C21H23NO6. The number of esters is 1. The standard InChI is InChI=1S/C21H23NO6/c1-25-16-11-14(12-17(26-2)19(16)27-3)21(24)28-18(13-7-5-4-6-8-13)20(23)22-15-9-10-15/h4-8,11-12,15,18H,9-10H2,1-3H3,(H,22,23)/t18-/m0/s1. The number of hydrogen-bond donors (Lipinski definition) is 1. The van der Waals surface area contributed by atoms with Crippen LogP contribution in [0.2, 0.25) is 0 Å². The second kappa shape index (κ2) is 8.65. The van der Waals surface area contributed by atoms with Crippen molar-refractivity contribution in [1.82, 2.24) is 5.32 Å². The number of methoxy groups -OCH3 is 3. The summed E-state index contributed by atoms with van der Waals surface area (Å²) in [4.78, 5) is 25.5. The Morgan fingerprint density at radius 2 is 1.57 bits per heavy atom. The van der Waals surface area contributed by atoms with Gasteiger partial charge in [-0.25, -0.2) is 4.79 Å². The molecule has 1 N–H and O–H groups in total. The predicted molar refractivity (Wildman–Crippen MR) is 102 cm³/mol. The minimum Gasteiger partial charge on any atom is -0.493 e. The van der Waals surface area contributed by atoms with Gasteiger partial charge in [0.15, 0.2) is 11.5 Å². The van der Waals surface area contributed by atoms with Crippen LogP contribution in [0.1, 0.15) is 34.9 Å². The smallest absolute Gasteiger partial charge is 0.339 e. The molecule has 0 spiro atoms. The lowest BCUT2D eigenvalue weighted by Gasteiger charge is -2.19. The van der Waals surface area contributed by atoms with E-state index in [1.165, 1.54) is 33.5 Å². The van der Waals surface area contributed by atoms with Gasteiger partial charge < -0.3 is 24.3 Å². The highest BCUT2D eigenvalue weighted by atomic mass is 16.6. The van der Waals surface area contributed by atoms with Crippen molar-refractivity contribution >= 4 is 11.9 Å². The van der Waals surface area contributed by atoms with Gasteiger partial charge >= 0.3 is 5.97 Å². The van der Waals surface area contributed by atoms with Gasteiger partial charge in [0.25, 0.3) is 5.91 Å². The van der Waals surface area contributed by atoms with E-state index in [1.807, 2.05) is 6.07 Å². The van der Waals surface area contributed by atoms with Crippen molar-refractivity contribution in [2.75, 3.05) is 21.3 Å². The highest BCUT2D eigenvalue weighted by molar-refractivity contribution is 5.94. The normalized spacial score (nSPS) is 14.0. The van der Waals surface area contributed by atoms with E-state index in [4.69, 9.17) is 18.9 Å². The summed E-state index contributed by atoms with van der Waals surface area (Å²) in [5.41, 5.74) is 0.788. The summed E-state index contributed by atoms with van der Waals surface area (Å²) in [6.45, 7) is 0. The maximum Gasteiger partial charge on any atom is 0.339 e. The Hall–Kier alpha value is -3.22. The summed E-state index contributed by atoms with van der Waals surface area (Å²) in [5.74, 6) is 0.0150. The average Bonchev–Trinajstić information content (AvgIpc) is 3.55. The molecule has 0 unspecified atom stereocenters. The Bertz CT molecular complexity index is 822. The third kappa shape index (κ3) is 4.36. The first-order chi connectivity index (χ1) is 13.6. The monoisotopic (exact) mass is 385 g/mol. The molecule has 7 nitrogen and oxygen atoms in total. The molecule has 0 bridgehead atoms. The molecule has 7 heteroatoms. The SMILES string of the molecule is COc1cc(C(=O)O[C@H](C(=O)NC2CC2)c2ccccc2)cc(OC)c1OC. The molecule has 148 valence electrons. The van der Waals surface area contributed by atoms with Crippen LogP contribution in [0.25, 0.3) is 0 Å².